The van der Waals surface area contributed by atoms with Gasteiger partial charge in [0.25, 0.3) is 0 Å². The molecule has 25 heavy (non-hydrogen) atoms. The van der Waals surface area contributed by atoms with Crippen molar-refractivity contribution in [3.05, 3.63) is 40.9 Å². The highest BCUT2D eigenvalue weighted by Gasteiger charge is 2.73. The van der Waals surface area contributed by atoms with E-state index >= 15 is 0 Å². The molecule has 0 radical (unpaired) electrons. The molecular weight excluding hydrogens is 342 g/mol. The first-order valence-electron chi connectivity index (χ1n) is 8.43. The first kappa shape index (κ1) is 15.1. The van der Waals surface area contributed by atoms with Crippen LogP contribution in [0.25, 0.3) is 0 Å². The largest absolute Gasteiger partial charge is 0.465 e. The predicted molar refractivity (Wildman–Crippen MR) is 90.1 cm³/mol. The maximum atomic E-state index is 13.1. The van der Waals surface area contributed by atoms with E-state index in [1.807, 2.05) is 0 Å². The van der Waals surface area contributed by atoms with Gasteiger partial charge < -0.3 is 4.74 Å². The van der Waals surface area contributed by atoms with Crippen LogP contribution in [0.15, 0.2) is 30.4 Å². The summed E-state index contributed by atoms with van der Waals surface area (Å²) in [6.45, 7) is 0. The zero-order valence-electron chi connectivity index (χ0n) is 13.6. The van der Waals surface area contributed by atoms with Gasteiger partial charge in [0.05, 0.1) is 35.2 Å². The summed E-state index contributed by atoms with van der Waals surface area (Å²) in [6, 6.07) is 4.59. The van der Waals surface area contributed by atoms with Gasteiger partial charge in [-0.15, -0.1) is 0 Å². The molecule has 5 nitrogen and oxygen atoms in total. The lowest BCUT2D eigenvalue weighted by molar-refractivity contribution is -0.123. The van der Waals surface area contributed by atoms with E-state index < -0.39 is 5.97 Å². The van der Waals surface area contributed by atoms with Gasteiger partial charge in [0.15, 0.2) is 0 Å². The normalized spacial score (nSPS) is 33.3. The fourth-order valence-electron chi connectivity index (χ4n) is 5.25. The Bertz CT molecular complexity index is 838. The fraction of sp³-hybridized carbons (Fsp3) is 0.421. The summed E-state index contributed by atoms with van der Waals surface area (Å²) >= 11 is 6.05. The molecule has 4 aliphatic rings. The lowest BCUT2D eigenvalue weighted by Crippen LogP contribution is -2.34. The summed E-state index contributed by atoms with van der Waals surface area (Å²) in [5, 5.41) is 0.230. The summed E-state index contributed by atoms with van der Waals surface area (Å²) < 4.78 is 4.72. The molecule has 2 amide bonds. The minimum Gasteiger partial charge on any atom is -0.465 e. The number of carbonyl (C=O) groups excluding carboxylic acids is 3. The Morgan fingerprint density at radius 3 is 2.28 bits per heavy atom. The van der Waals surface area contributed by atoms with Crippen LogP contribution in [0.3, 0.4) is 0 Å². The third-order valence-corrected chi connectivity index (χ3v) is 6.80. The van der Waals surface area contributed by atoms with Crippen molar-refractivity contribution in [2.45, 2.75) is 12.8 Å². The quantitative estimate of drug-likeness (QED) is 0.464. The van der Waals surface area contributed by atoms with Gasteiger partial charge in [-0.3, -0.25) is 9.59 Å². The first-order chi connectivity index (χ1) is 12.0. The average molecular weight is 358 g/mol. The molecule has 0 unspecified atom stereocenters. The van der Waals surface area contributed by atoms with Crippen LogP contribution in [0.5, 0.6) is 0 Å². The van der Waals surface area contributed by atoms with Crippen LogP contribution < -0.4 is 4.90 Å². The Labute approximate surface area is 149 Å². The number of allylic oxidation sites excluding steroid dienone is 2. The molecule has 2 bridgehead atoms. The van der Waals surface area contributed by atoms with E-state index in [9.17, 15) is 14.4 Å². The van der Waals surface area contributed by atoms with Crippen LogP contribution in [-0.4, -0.2) is 24.9 Å². The summed E-state index contributed by atoms with van der Waals surface area (Å²) in [6.07, 6.45) is 6.48. The molecule has 1 aromatic rings. The molecule has 1 aliphatic heterocycles. The van der Waals surface area contributed by atoms with Crippen molar-refractivity contribution >= 4 is 35.1 Å². The van der Waals surface area contributed by atoms with Gasteiger partial charge in [-0.1, -0.05) is 23.8 Å². The lowest BCUT2D eigenvalue weighted by Gasteiger charge is -2.22. The fourth-order valence-corrected chi connectivity index (χ4v) is 5.45. The maximum absolute atomic E-state index is 13.1. The van der Waals surface area contributed by atoms with Crippen LogP contribution in [0.4, 0.5) is 5.69 Å². The highest BCUT2D eigenvalue weighted by molar-refractivity contribution is 6.34. The third-order valence-electron chi connectivity index (χ3n) is 6.47. The molecule has 6 heteroatoms. The molecule has 2 saturated carbocycles. The van der Waals surface area contributed by atoms with E-state index in [0.29, 0.717) is 5.69 Å². The number of esters is 1. The van der Waals surface area contributed by atoms with E-state index in [4.69, 9.17) is 16.3 Å². The van der Waals surface area contributed by atoms with Crippen molar-refractivity contribution in [3.8, 4) is 0 Å². The van der Waals surface area contributed by atoms with Crippen LogP contribution in [0.2, 0.25) is 5.02 Å². The van der Waals surface area contributed by atoms with Crippen LogP contribution in [-0.2, 0) is 14.3 Å². The Morgan fingerprint density at radius 1 is 1.16 bits per heavy atom. The number of benzene rings is 1. The molecule has 3 fully saturated rings. The average Bonchev–Trinajstić information content (AvgIpc) is 3.20. The second-order valence-electron chi connectivity index (χ2n) is 7.39. The predicted octanol–water partition coefficient (Wildman–Crippen LogP) is 2.83. The molecule has 1 aromatic carbocycles. The van der Waals surface area contributed by atoms with Crippen LogP contribution >= 0.6 is 11.6 Å². The number of carbonyl (C=O) groups is 3. The number of amides is 2. The van der Waals surface area contributed by atoms with Crippen molar-refractivity contribution in [2.75, 3.05) is 12.0 Å². The molecule has 3 aliphatic carbocycles. The van der Waals surface area contributed by atoms with E-state index in [2.05, 4.69) is 12.2 Å². The number of hydrogen-bond donors (Lipinski definition) is 0. The molecule has 5 rings (SSSR count). The summed E-state index contributed by atoms with van der Waals surface area (Å²) in [7, 11) is 1.26. The molecule has 128 valence electrons. The molecule has 1 spiro atoms. The van der Waals surface area contributed by atoms with E-state index in [1.165, 1.54) is 24.1 Å². The van der Waals surface area contributed by atoms with Crippen molar-refractivity contribution < 1.29 is 19.1 Å². The minimum absolute atomic E-state index is 0.152. The number of hydrogen-bond acceptors (Lipinski definition) is 4. The Kier molecular flexibility index (Phi) is 2.86. The number of imide groups is 1. The minimum atomic E-state index is -0.593. The van der Waals surface area contributed by atoms with Crippen molar-refractivity contribution in [1.29, 1.82) is 0 Å². The SMILES string of the molecule is COC(=O)c1cc(N2C(=O)[C@@H]3[C@@H](C2=O)[C@@H]2C=C[C@@H]3C23CC3)ccc1Cl. The second-order valence-corrected chi connectivity index (χ2v) is 7.80. The van der Waals surface area contributed by atoms with Crippen LogP contribution in [0, 0.1) is 29.1 Å². The van der Waals surface area contributed by atoms with Gasteiger partial charge in [0.1, 0.15) is 0 Å². The van der Waals surface area contributed by atoms with Gasteiger partial charge in [-0.2, -0.15) is 0 Å². The zero-order chi connectivity index (χ0) is 17.5. The number of methoxy groups -OCH3 is 1. The molecule has 1 saturated heterocycles. The van der Waals surface area contributed by atoms with Crippen molar-refractivity contribution in [1.82, 2.24) is 0 Å². The zero-order valence-corrected chi connectivity index (χ0v) is 14.3. The van der Waals surface area contributed by atoms with E-state index in [0.717, 1.165) is 12.8 Å². The van der Waals surface area contributed by atoms with Crippen molar-refractivity contribution in [2.24, 2.45) is 29.1 Å². The van der Waals surface area contributed by atoms with E-state index in [-0.39, 0.29) is 51.5 Å². The number of ether oxygens (including phenoxy) is 1. The Morgan fingerprint density at radius 2 is 1.76 bits per heavy atom. The van der Waals surface area contributed by atoms with Gasteiger partial charge in [-0.25, -0.2) is 9.69 Å². The topological polar surface area (TPSA) is 63.7 Å². The molecule has 0 aromatic heterocycles. The van der Waals surface area contributed by atoms with E-state index in [1.54, 1.807) is 6.07 Å². The number of rotatable bonds is 2. The van der Waals surface area contributed by atoms with Gasteiger partial charge in [0.2, 0.25) is 11.8 Å². The van der Waals surface area contributed by atoms with Gasteiger partial charge in [-0.05, 0) is 48.3 Å². The molecular formula is C19H16ClNO4. The van der Waals surface area contributed by atoms with Crippen LogP contribution in [0.1, 0.15) is 23.2 Å². The third kappa shape index (κ3) is 1.72. The molecule has 4 atom stereocenters. The lowest BCUT2D eigenvalue weighted by atomic mass is 9.85. The Hall–Kier alpha value is -2.14. The summed E-state index contributed by atoms with van der Waals surface area (Å²) in [5.74, 6) is -1.07. The number of fused-ring (bicyclic) bond motifs is 3. The number of halogens is 1. The first-order valence-corrected chi connectivity index (χ1v) is 8.81. The summed E-state index contributed by atoms with van der Waals surface area (Å²) in [5.41, 5.74) is 0.710. The summed E-state index contributed by atoms with van der Waals surface area (Å²) in [4.78, 5) is 39.2. The standard InChI is InChI=1S/C19H16ClNO4/c1-25-18(24)10-8-9(2-5-13(10)20)21-16(22)14-11-3-4-12(15(14)17(21)23)19(11)6-7-19/h2-5,8,11-12,14-15H,6-7H2,1H3/t11-,12-,14-,15-/m0/s1. The van der Waals surface area contributed by atoms with Gasteiger partial charge in [0, 0.05) is 0 Å². The van der Waals surface area contributed by atoms with Crippen molar-refractivity contribution in [3.63, 3.8) is 0 Å². The van der Waals surface area contributed by atoms with Gasteiger partial charge >= 0.3 is 5.97 Å². The highest BCUT2D eigenvalue weighted by atomic mass is 35.5. The molecule has 1 heterocycles. The molecule has 0 N–H and O–H groups in total. The second kappa shape index (κ2) is 4.73. The number of nitrogens with zero attached hydrogens (tertiary/aromatic N) is 1. The Balaban J connectivity index is 1.54. The number of anilines is 1. The maximum Gasteiger partial charge on any atom is 0.339 e. The highest BCUT2D eigenvalue weighted by Crippen LogP contribution is 2.73. The monoisotopic (exact) mass is 357 g/mol. The smallest absolute Gasteiger partial charge is 0.339 e.